The molecular formula is C24H34BrN3O2. The molecule has 0 unspecified atom stereocenters. The predicted octanol–water partition coefficient (Wildman–Crippen LogP) is 5.48. The molecule has 0 bridgehead atoms. The number of aromatic hydroxyl groups is 1. The molecule has 0 spiro atoms. The number of aryl methyl sites for hydroxylation is 1. The number of benzene rings is 1. The Hall–Kier alpha value is -1.82. The molecule has 6 heteroatoms. The van der Waals surface area contributed by atoms with Gasteiger partial charge in [-0.3, -0.25) is 4.79 Å². The molecule has 30 heavy (non-hydrogen) atoms. The normalized spacial score (nSPS) is 15.6. The quantitative estimate of drug-likeness (QED) is 0.561. The predicted molar refractivity (Wildman–Crippen MR) is 124 cm³/mol. The average Bonchev–Trinajstić information content (AvgIpc) is 3.38. The molecule has 1 N–H and O–H groups in total. The van der Waals surface area contributed by atoms with Gasteiger partial charge in [-0.1, -0.05) is 54.4 Å². The van der Waals surface area contributed by atoms with Gasteiger partial charge in [-0.25, -0.2) is 0 Å². The van der Waals surface area contributed by atoms with Gasteiger partial charge in [0, 0.05) is 35.6 Å². The first-order chi connectivity index (χ1) is 13.9. The Kier molecular flexibility index (Phi) is 6.38. The summed E-state index contributed by atoms with van der Waals surface area (Å²) in [6.07, 6.45) is 7.72. The molecule has 0 radical (unpaired) electrons. The summed E-state index contributed by atoms with van der Waals surface area (Å²) in [5, 5.41) is 10.9. The summed E-state index contributed by atoms with van der Waals surface area (Å²) in [7, 11) is 0. The minimum absolute atomic E-state index is 0.00772. The fourth-order valence-corrected chi connectivity index (χ4v) is 4.17. The Morgan fingerprint density at radius 3 is 2.07 bits per heavy atom. The SMILES string of the molecule is CC(C)(C)c1cc(C(=O)Cn2ccn(CCC3CC3)/c2=N/Br)cc(C(C)(C)C)c1O. The number of hydrogen-bond acceptors (Lipinski definition) is 3. The third kappa shape index (κ3) is 5.08. The monoisotopic (exact) mass is 475 g/mol. The third-order valence-corrected chi connectivity index (χ3v) is 6.17. The van der Waals surface area contributed by atoms with Crippen LogP contribution < -0.4 is 5.62 Å². The molecule has 0 amide bonds. The molecule has 1 saturated carbocycles. The van der Waals surface area contributed by atoms with Crippen molar-refractivity contribution in [2.24, 2.45) is 9.94 Å². The second-order valence-electron chi connectivity index (χ2n) is 10.6. The lowest BCUT2D eigenvalue weighted by atomic mass is 9.78. The summed E-state index contributed by atoms with van der Waals surface area (Å²) < 4.78 is 8.22. The van der Waals surface area contributed by atoms with Crippen LogP contribution in [0.5, 0.6) is 5.75 Å². The first-order valence-corrected chi connectivity index (χ1v) is 11.4. The molecule has 0 atom stereocenters. The van der Waals surface area contributed by atoms with Gasteiger partial charge in [0.2, 0.25) is 5.62 Å². The van der Waals surface area contributed by atoms with Gasteiger partial charge < -0.3 is 14.2 Å². The molecule has 0 saturated heterocycles. The average molecular weight is 476 g/mol. The van der Waals surface area contributed by atoms with Crippen LogP contribution in [0, 0.1) is 5.92 Å². The number of Topliss-reactive ketones (excluding diaryl/α,β-unsaturated/α-hetero) is 1. The van der Waals surface area contributed by atoms with E-state index in [9.17, 15) is 9.90 Å². The zero-order chi connectivity index (χ0) is 22.3. The third-order valence-electron chi connectivity index (χ3n) is 5.85. The molecule has 2 aromatic rings. The van der Waals surface area contributed by atoms with Gasteiger partial charge in [-0.05, 0) is 35.3 Å². The number of halogens is 1. The van der Waals surface area contributed by atoms with Crippen molar-refractivity contribution in [3.63, 3.8) is 0 Å². The Morgan fingerprint density at radius 1 is 1.07 bits per heavy atom. The summed E-state index contributed by atoms with van der Waals surface area (Å²) >= 11 is 3.23. The van der Waals surface area contributed by atoms with E-state index >= 15 is 0 Å². The van der Waals surface area contributed by atoms with Crippen molar-refractivity contribution in [1.82, 2.24) is 9.13 Å². The van der Waals surface area contributed by atoms with Crippen LogP contribution in [0.4, 0.5) is 0 Å². The van der Waals surface area contributed by atoms with Gasteiger partial charge in [0.1, 0.15) is 5.75 Å². The molecule has 1 fully saturated rings. The molecule has 0 aliphatic heterocycles. The maximum Gasteiger partial charge on any atom is 0.217 e. The molecule has 1 heterocycles. The van der Waals surface area contributed by atoms with Gasteiger partial charge in [0.05, 0.1) is 22.7 Å². The summed E-state index contributed by atoms with van der Waals surface area (Å²) in [6, 6.07) is 3.70. The summed E-state index contributed by atoms with van der Waals surface area (Å²) in [5.41, 5.74) is 2.44. The van der Waals surface area contributed by atoms with E-state index in [1.807, 2.05) is 29.1 Å². The van der Waals surface area contributed by atoms with Crippen molar-refractivity contribution >= 4 is 21.9 Å². The summed E-state index contributed by atoms with van der Waals surface area (Å²) in [5.74, 6) is 1.14. The highest BCUT2D eigenvalue weighted by molar-refractivity contribution is 9.08. The Bertz CT molecular complexity index is 964. The lowest BCUT2D eigenvalue weighted by molar-refractivity contribution is 0.0970. The fraction of sp³-hybridized carbons (Fsp3) is 0.583. The number of ketones is 1. The van der Waals surface area contributed by atoms with Crippen LogP contribution >= 0.6 is 16.1 Å². The number of nitrogens with zero attached hydrogens (tertiary/aromatic N) is 3. The largest absolute Gasteiger partial charge is 0.507 e. The first kappa shape index (κ1) is 22.9. The molecule has 5 nitrogen and oxygen atoms in total. The molecule has 1 aromatic carbocycles. The number of hydrogen-bond donors (Lipinski definition) is 1. The van der Waals surface area contributed by atoms with Crippen molar-refractivity contribution in [2.45, 2.75) is 84.7 Å². The standard InChI is InChI=1S/C24H34BrN3O2/c1-23(2,3)18-13-17(14-19(21(18)30)24(4,5)6)20(29)15-28-12-11-27(22(28)26-25)10-9-16-7-8-16/h11-14,16,30H,7-10,15H2,1-6H3/b26-22-. The van der Waals surface area contributed by atoms with E-state index in [2.05, 4.69) is 66.3 Å². The molecule has 3 rings (SSSR count). The van der Waals surface area contributed by atoms with Crippen molar-refractivity contribution in [3.05, 3.63) is 46.8 Å². The molecule has 1 aliphatic rings. The van der Waals surface area contributed by atoms with Crippen LogP contribution in [0.3, 0.4) is 0 Å². The van der Waals surface area contributed by atoms with Gasteiger partial charge in [0.15, 0.2) is 5.78 Å². The van der Waals surface area contributed by atoms with Crippen molar-refractivity contribution < 1.29 is 9.90 Å². The van der Waals surface area contributed by atoms with E-state index in [4.69, 9.17) is 0 Å². The number of phenolic OH excluding ortho intramolecular Hbond substituents is 1. The number of carbonyl (C=O) groups is 1. The van der Waals surface area contributed by atoms with E-state index < -0.39 is 0 Å². The highest BCUT2D eigenvalue weighted by Gasteiger charge is 2.28. The van der Waals surface area contributed by atoms with E-state index in [-0.39, 0.29) is 23.2 Å². The fourth-order valence-electron chi connectivity index (χ4n) is 3.77. The van der Waals surface area contributed by atoms with Crippen molar-refractivity contribution in [2.75, 3.05) is 0 Å². The number of aromatic nitrogens is 2. The number of imidazole rings is 1. The topological polar surface area (TPSA) is 59.5 Å². The van der Waals surface area contributed by atoms with Crippen molar-refractivity contribution in [1.29, 1.82) is 0 Å². The Labute approximate surface area is 188 Å². The first-order valence-electron chi connectivity index (χ1n) is 10.7. The molecule has 164 valence electrons. The number of carbonyl (C=O) groups excluding carboxylic acids is 1. The van der Waals surface area contributed by atoms with Crippen LogP contribution in [0.2, 0.25) is 0 Å². The Morgan fingerprint density at radius 2 is 1.60 bits per heavy atom. The summed E-state index contributed by atoms with van der Waals surface area (Å²) in [4.78, 5) is 13.3. The van der Waals surface area contributed by atoms with Crippen LogP contribution in [-0.4, -0.2) is 20.0 Å². The second kappa shape index (κ2) is 8.37. The number of phenols is 1. The van der Waals surface area contributed by atoms with Gasteiger partial charge in [0.25, 0.3) is 0 Å². The van der Waals surface area contributed by atoms with Crippen LogP contribution in [0.25, 0.3) is 0 Å². The van der Waals surface area contributed by atoms with Crippen LogP contribution in [-0.2, 0) is 23.9 Å². The van der Waals surface area contributed by atoms with Crippen LogP contribution in [0.1, 0.15) is 82.3 Å². The zero-order valence-corrected chi connectivity index (χ0v) is 20.6. The Balaban J connectivity index is 1.93. The van der Waals surface area contributed by atoms with Crippen LogP contribution in [0.15, 0.2) is 28.5 Å². The van der Waals surface area contributed by atoms with E-state index in [0.29, 0.717) is 11.3 Å². The van der Waals surface area contributed by atoms with E-state index in [0.717, 1.165) is 35.6 Å². The van der Waals surface area contributed by atoms with Gasteiger partial charge >= 0.3 is 0 Å². The van der Waals surface area contributed by atoms with E-state index in [1.165, 1.54) is 12.8 Å². The highest BCUT2D eigenvalue weighted by Crippen LogP contribution is 2.40. The smallest absolute Gasteiger partial charge is 0.217 e. The molecule has 1 aliphatic carbocycles. The molecule has 1 aromatic heterocycles. The minimum Gasteiger partial charge on any atom is -0.507 e. The van der Waals surface area contributed by atoms with E-state index in [1.54, 1.807) is 0 Å². The maximum atomic E-state index is 13.3. The lowest BCUT2D eigenvalue weighted by Gasteiger charge is -2.28. The number of rotatable bonds is 6. The van der Waals surface area contributed by atoms with Crippen molar-refractivity contribution in [3.8, 4) is 5.75 Å². The lowest BCUT2D eigenvalue weighted by Crippen LogP contribution is -2.28. The zero-order valence-electron chi connectivity index (χ0n) is 19.0. The highest BCUT2D eigenvalue weighted by atomic mass is 79.9. The summed E-state index contributed by atoms with van der Waals surface area (Å²) in [6.45, 7) is 13.5. The maximum absolute atomic E-state index is 13.3. The van der Waals surface area contributed by atoms with Gasteiger partial charge in [-0.15, -0.1) is 0 Å². The molecular weight excluding hydrogens is 442 g/mol. The van der Waals surface area contributed by atoms with Gasteiger partial charge in [-0.2, -0.15) is 4.02 Å². The second-order valence-corrected chi connectivity index (χ2v) is 10.9. The minimum atomic E-state index is -0.268.